The van der Waals surface area contributed by atoms with E-state index in [1.807, 2.05) is 6.92 Å². The standard InChI is InChI=1S/C13H18FNO2/c1-8(2)6-9(3)15-13(17)11-5-4-10(16)7-12(11)14/h4-5,7-9,16H,6H2,1-3H3,(H,15,17). The van der Waals surface area contributed by atoms with Gasteiger partial charge in [-0.3, -0.25) is 4.79 Å². The van der Waals surface area contributed by atoms with Gasteiger partial charge in [0.2, 0.25) is 0 Å². The van der Waals surface area contributed by atoms with Crippen LogP contribution in [0.3, 0.4) is 0 Å². The number of phenols is 1. The molecule has 0 aliphatic heterocycles. The minimum absolute atomic E-state index is 0.00398. The maximum absolute atomic E-state index is 13.4. The molecular formula is C13H18FNO2. The van der Waals surface area contributed by atoms with Crippen molar-refractivity contribution >= 4 is 5.91 Å². The van der Waals surface area contributed by atoms with E-state index in [1.165, 1.54) is 12.1 Å². The van der Waals surface area contributed by atoms with Crippen LogP contribution in [0.25, 0.3) is 0 Å². The van der Waals surface area contributed by atoms with E-state index >= 15 is 0 Å². The number of halogens is 1. The fourth-order valence-electron chi connectivity index (χ4n) is 1.76. The molecule has 0 bridgehead atoms. The Morgan fingerprint density at radius 2 is 2.06 bits per heavy atom. The zero-order valence-corrected chi connectivity index (χ0v) is 10.3. The summed E-state index contributed by atoms with van der Waals surface area (Å²) < 4.78 is 13.4. The van der Waals surface area contributed by atoms with Gasteiger partial charge in [0.25, 0.3) is 5.91 Å². The molecule has 17 heavy (non-hydrogen) atoms. The smallest absolute Gasteiger partial charge is 0.254 e. The second-order valence-electron chi connectivity index (χ2n) is 4.67. The van der Waals surface area contributed by atoms with Crippen LogP contribution in [0.4, 0.5) is 4.39 Å². The van der Waals surface area contributed by atoms with Gasteiger partial charge in [0.1, 0.15) is 11.6 Å². The molecule has 1 rings (SSSR count). The number of nitrogens with one attached hydrogen (secondary N) is 1. The van der Waals surface area contributed by atoms with Crippen LogP contribution in [0.5, 0.6) is 5.75 Å². The molecule has 0 saturated carbocycles. The van der Waals surface area contributed by atoms with Crippen molar-refractivity contribution < 1.29 is 14.3 Å². The highest BCUT2D eigenvalue weighted by Crippen LogP contribution is 2.15. The predicted octanol–water partition coefficient (Wildman–Crippen LogP) is 2.70. The van der Waals surface area contributed by atoms with E-state index in [0.29, 0.717) is 5.92 Å². The maximum Gasteiger partial charge on any atom is 0.254 e. The summed E-state index contributed by atoms with van der Waals surface area (Å²) in [6, 6.07) is 3.51. The summed E-state index contributed by atoms with van der Waals surface area (Å²) in [7, 11) is 0. The second-order valence-corrected chi connectivity index (χ2v) is 4.67. The Kier molecular flexibility index (Phi) is 4.49. The summed E-state index contributed by atoms with van der Waals surface area (Å²) in [5, 5.41) is 11.8. The highest BCUT2D eigenvalue weighted by Gasteiger charge is 2.15. The number of hydrogen-bond acceptors (Lipinski definition) is 2. The highest BCUT2D eigenvalue weighted by atomic mass is 19.1. The van der Waals surface area contributed by atoms with Crippen molar-refractivity contribution in [3.8, 4) is 5.75 Å². The number of benzene rings is 1. The van der Waals surface area contributed by atoms with Crippen molar-refractivity contribution in [3.05, 3.63) is 29.6 Å². The summed E-state index contributed by atoms with van der Waals surface area (Å²) in [4.78, 5) is 11.7. The molecule has 4 heteroatoms. The Labute approximate surface area is 101 Å². The van der Waals surface area contributed by atoms with Crippen LogP contribution in [0, 0.1) is 11.7 Å². The zero-order valence-electron chi connectivity index (χ0n) is 10.3. The lowest BCUT2D eigenvalue weighted by atomic mass is 10.0. The lowest BCUT2D eigenvalue weighted by Gasteiger charge is -2.16. The monoisotopic (exact) mass is 239 g/mol. The average Bonchev–Trinajstić information content (AvgIpc) is 2.15. The molecule has 0 aliphatic carbocycles. The first-order chi connectivity index (χ1) is 7.90. The third-order valence-electron chi connectivity index (χ3n) is 2.40. The second kappa shape index (κ2) is 5.66. The van der Waals surface area contributed by atoms with Crippen LogP contribution < -0.4 is 5.32 Å². The largest absolute Gasteiger partial charge is 0.508 e. The fourth-order valence-corrected chi connectivity index (χ4v) is 1.76. The van der Waals surface area contributed by atoms with E-state index in [0.717, 1.165) is 12.5 Å². The third kappa shape index (κ3) is 4.06. The Bertz CT molecular complexity index is 404. The van der Waals surface area contributed by atoms with Crippen LogP contribution in [0.2, 0.25) is 0 Å². The molecule has 1 atom stereocenters. The van der Waals surface area contributed by atoms with Crippen molar-refractivity contribution in [1.82, 2.24) is 5.32 Å². The maximum atomic E-state index is 13.4. The van der Waals surface area contributed by atoms with Gasteiger partial charge < -0.3 is 10.4 Å². The summed E-state index contributed by atoms with van der Waals surface area (Å²) in [5.41, 5.74) is -0.0431. The Morgan fingerprint density at radius 3 is 2.59 bits per heavy atom. The molecule has 0 saturated heterocycles. The molecule has 0 fully saturated rings. The number of carbonyl (C=O) groups excluding carboxylic acids is 1. The average molecular weight is 239 g/mol. The van der Waals surface area contributed by atoms with Gasteiger partial charge in [-0.25, -0.2) is 4.39 Å². The first kappa shape index (κ1) is 13.5. The Hall–Kier alpha value is -1.58. The molecule has 1 aromatic carbocycles. The number of aromatic hydroxyl groups is 1. The molecule has 2 N–H and O–H groups in total. The molecule has 0 aromatic heterocycles. The third-order valence-corrected chi connectivity index (χ3v) is 2.40. The van der Waals surface area contributed by atoms with Gasteiger partial charge in [0, 0.05) is 12.1 Å². The number of carbonyl (C=O) groups is 1. The van der Waals surface area contributed by atoms with Crippen LogP contribution in [0.15, 0.2) is 18.2 Å². The van der Waals surface area contributed by atoms with Crippen LogP contribution in [-0.2, 0) is 0 Å². The summed E-state index contributed by atoms with van der Waals surface area (Å²) >= 11 is 0. The van der Waals surface area contributed by atoms with Gasteiger partial charge >= 0.3 is 0 Å². The molecule has 94 valence electrons. The van der Waals surface area contributed by atoms with E-state index in [4.69, 9.17) is 5.11 Å². The summed E-state index contributed by atoms with van der Waals surface area (Å²) in [6.07, 6.45) is 0.839. The molecule has 3 nitrogen and oxygen atoms in total. The van der Waals surface area contributed by atoms with E-state index in [9.17, 15) is 9.18 Å². The molecule has 1 unspecified atom stereocenters. The molecule has 0 aliphatic rings. The number of rotatable bonds is 4. The van der Waals surface area contributed by atoms with Crippen molar-refractivity contribution in [2.45, 2.75) is 33.2 Å². The highest BCUT2D eigenvalue weighted by molar-refractivity contribution is 5.94. The number of hydrogen-bond donors (Lipinski definition) is 2. The van der Waals surface area contributed by atoms with E-state index in [1.54, 1.807) is 0 Å². The van der Waals surface area contributed by atoms with Crippen molar-refractivity contribution in [2.75, 3.05) is 0 Å². The van der Waals surface area contributed by atoms with Gasteiger partial charge in [0.15, 0.2) is 0 Å². The van der Waals surface area contributed by atoms with Gasteiger partial charge in [-0.05, 0) is 31.4 Å². The first-order valence-corrected chi connectivity index (χ1v) is 5.69. The van der Waals surface area contributed by atoms with Crippen LogP contribution in [0.1, 0.15) is 37.6 Å². The van der Waals surface area contributed by atoms with Gasteiger partial charge in [-0.15, -0.1) is 0 Å². The lowest BCUT2D eigenvalue weighted by molar-refractivity contribution is 0.0932. The molecular weight excluding hydrogens is 221 g/mol. The van der Waals surface area contributed by atoms with Crippen molar-refractivity contribution in [1.29, 1.82) is 0 Å². The summed E-state index contributed by atoms with van der Waals surface area (Å²) in [5.74, 6) is -0.876. The minimum atomic E-state index is -0.709. The van der Waals surface area contributed by atoms with Crippen LogP contribution >= 0.6 is 0 Å². The lowest BCUT2D eigenvalue weighted by Crippen LogP contribution is -2.33. The van der Waals surface area contributed by atoms with Crippen molar-refractivity contribution in [2.24, 2.45) is 5.92 Å². The zero-order chi connectivity index (χ0) is 13.0. The molecule has 0 spiro atoms. The summed E-state index contributed by atoms with van der Waals surface area (Å²) in [6.45, 7) is 6.00. The van der Waals surface area contributed by atoms with E-state index in [-0.39, 0.29) is 17.4 Å². The normalized spacial score (nSPS) is 12.5. The fraction of sp³-hybridized carbons (Fsp3) is 0.462. The number of phenolic OH excluding ortho intramolecular Hbond substituents is 1. The molecule has 0 heterocycles. The molecule has 1 aromatic rings. The van der Waals surface area contributed by atoms with E-state index in [2.05, 4.69) is 19.2 Å². The van der Waals surface area contributed by atoms with Gasteiger partial charge in [0.05, 0.1) is 5.56 Å². The first-order valence-electron chi connectivity index (χ1n) is 5.69. The number of amides is 1. The quantitative estimate of drug-likeness (QED) is 0.848. The van der Waals surface area contributed by atoms with Gasteiger partial charge in [-0.2, -0.15) is 0 Å². The Morgan fingerprint density at radius 1 is 1.41 bits per heavy atom. The molecule has 1 amide bonds. The predicted molar refractivity (Wildman–Crippen MR) is 64.4 cm³/mol. The van der Waals surface area contributed by atoms with E-state index < -0.39 is 11.7 Å². The topological polar surface area (TPSA) is 49.3 Å². The Balaban J connectivity index is 2.70. The minimum Gasteiger partial charge on any atom is -0.508 e. The van der Waals surface area contributed by atoms with Crippen LogP contribution in [-0.4, -0.2) is 17.1 Å². The van der Waals surface area contributed by atoms with Crippen molar-refractivity contribution in [3.63, 3.8) is 0 Å². The molecule has 0 radical (unpaired) electrons. The van der Waals surface area contributed by atoms with Gasteiger partial charge in [-0.1, -0.05) is 13.8 Å². The SMILES string of the molecule is CC(C)CC(C)NC(=O)c1ccc(O)cc1F.